The maximum absolute atomic E-state index is 12.9. The van der Waals surface area contributed by atoms with Crippen molar-refractivity contribution in [1.82, 2.24) is 10.6 Å². The highest BCUT2D eigenvalue weighted by Crippen LogP contribution is 2.29. The summed E-state index contributed by atoms with van der Waals surface area (Å²) in [5, 5.41) is 5.53. The summed E-state index contributed by atoms with van der Waals surface area (Å²) < 4.78 is 4.68. The zero-order valence-electron chi connectivity index (χ0n) is 16.0. The Morgan fingerprint density at radius 3 is 2.07 bits per heavy atom. The molecule has 0 aromatic heterocycles. The standard InChI is InChI=1S/C22H24N2O4/c1-14(22(27)28-2)23-21(26)19(24-20(25)15-8-4-3-5-9-15)18-12-16-10-6-7-11-17(16)13-18/h3-11,14,18-19H,12-13H2,1-2H3,(H,23,26)(H,24,25)/t14-,19+/m0/s1. The van der Waals surface area contributed by atoms with Gasteiger partial charge >= 0.3 is 5.97 Å². The number of nitrogens with one attached hydrogen (secondary N) is 2. The summed E-state index contributed by atoms with van der Waals surface area (Å²) in [6, 6.07) is 15.2. The van der Waals surface area contributed by atoms with Crippen LogP contribution in [0, 0.1) is 5.92 Å². The Morgan fingerprint density at radius 2 is 1.50 bits per heavy atom. The van der Waals surface area contributed by atoms with Crippen LogP contribution >= 0.6 is 0 Å². The van der Waals surface area contributed by atoms with E-state index in [1.165, 1.54) is 18.2 Å². The van der Waals surface area contributed by atoms with Gasteiger partial charge in [-0.2, -0.15) is 0 Å². The first kappa shape index (κ1) is 19.6. The molecular formula is C22H24N2O4. The average molecular weight is 380 g/mol. The Hall–Kier alpha value is -3.15. The summed E-state index contributed by atoms with van der Waals surface area (Å²) in [6.45, 7) is 1.56. The number of fused-ring (bicyclic) bond motifs is 1. The number of carbonyl (C=O) groups is 3. The van der Waals surface area contributed by atoms with E-state index in [0.717, 1.165) is 0 Å². The zero-order valence-corrected chi connectivity index (χ0v) is 16.0. The molecule has 2 atom stereocenters. The number of hydrogen-bond acceptors (Lipinski definition) is 4. The summed E-state index contributed by atoms with van der Waals surface area (Å²) >= 11 is 0. The Morgan fingerprint density at radius 1 is 0.929 bits per heavy atom. The van der Waals surface area contributed by atoms with Gasteiger partial charge in [0, 0.05) is 5.56 Å². The van der Waals surface area contributed by atoms with E-state index >= 15 is 0 Å². The number of carbonyl (C=O) groups excluding carboxylic acids is 3. The molecule has 2 aromatic carbocycles. The Balaban J connectivity index is 1.79. The van der Waals surface area contributed by atoms with E-state index in [2.05, 4.69) is 15.4 Å². The van der Waals surface area contributed by atoms with Crippen LogP contribution < -0.4 is 10.6 Å². The molecule has 1 aliphatic carbocycles. The molecule has 146 valence electrons. The van der Waals surface area contributed by atoms with Gasteiger partial charge in [-0.1, -0.05) is 42.5 Å². The number of esters is 1. The number of amides is 2. The van der Waals surface area contributed by atoms with Gasteiger partial charge in [-0.3, -0.25) is 9.59 Å². The molecule has 0 fully saturated rings. The molecule has 0 radical (unpaired) electrons. The fourth-order valence-electron chi connectivity index (χ4n) is 3.58. The molecule has 3 rings (SSSR count). The lowest BCUT2D eigenvalue weighted by Crippen LogP contribution is -2.54. The van der Waals surface area contributed by atoms with Crippen LogP contribution in [0.15, 0.2) is 54.6 Å². The van der Waals surface area contributed by atoms with Gasteiger partial charge in [-0.25, -0.2) is 4.79 Å². The Labute approximate surface area is 164 Å². The van der Waals surface area contributed by atoms with Crippen LogP contribution in [0.3, 0.4) is 0 Å². The van der Waals surface area contributed by atoms with Gasteiger partial charge in [0.25, 0.3) is 5.91 Å². The molecular weight excluding hydrogens is 356 g/mol. The maximum atomic E-state index is 12.9. The second-order valence-electron chi connectivity index (χ2n) is 7.01. The third-order valence-electron chi connectivity index (χ3n) is 5.07. The molecule has 2 amide bonds. The van der Waals surface area contributed by atoms with E-state index in [1.807, 2.05) is 30.3 Å². The second-order valence-corrected chi connectivity index (χ2v) is 7.01. The first-order valence-corrected chi connectivity index (χ1v) is 9.30. The monoisotopic (exact) mass is 380 g/mol. The molecule has 2 N–H and O–H groups in total. The van der Waals surface area contributed by atoms with E-state index in [4.69, 9.17) is 0 Å². The number of hydrogen-bond donors (Lipinski definition) is 2. The molecule has 6 heteroatoms. The van der Waals surface area contributed by atoms with Crippen LogP contribution in [-0.2, 0) is 27.2 Å². The summed E-state index contributed by atoms with van der Waals surface area (Å²) in [7, 11) is 1.27. The quantitative estimate of drug-likeness (QED) is 0.750. The summed E-state index contributed by atoms with van der Waals surface area (Å²) in [5.41, 5.74) is 2.84. The van der Waals surface area contributed by atoms with Crippen molar-refractivity contribution in [3.05, 3.63) is 71.3 Å². The largest absolute Gasteiger partial charge is 0.467 e. The van der Waals surface area contributed by atoms with Crippen molar-refractivity contribution in [1.29, 1.82) is 0 Å². The van der Waals surface area contributed by atoms with Gasteiger partial charge in [0.2, 0.25) is 5.91 Å². The van der Waals surface area contributed by atoms with Crippen molar-refractivity contribution >= 4 is 17.8 Å². The number of benzene rings is 2. The smallest absolute Gasteiger partial charge is 0.328 e. The Kier molecular flexibility index (Phi) is 6.09. The van der Waals surface area contributed by atoms with E-state index < -0.39 is 18.1 Å². The van der Waals surface area contributed by atoms with Crippen molar-refractivity contribution in [2.24, 2.45) is 5.92 Å². The van der Waals surface area contributed by atoms with Crippen LogP contribution in [-0.4, -0.2) is 37.0 Å². The van der Waals surface area contributed by atoms with Crippen molar-refractivity contribution in [3.63, 3.8) is 0 Å². The van der Waals surface area contributed by atoms with Gasteiger partial charge in [0.15, 0.2) is 0 Å². The minimum atomic E-state index is -0.794. The van der Waals surface area contributed by atoms with Crippen molar-refractivity contribution in [3.8, 4) is 0 Å². The predicted molar refractivity (Wildman–Crippen MR) is 105 cm³/mol. The van der Waals surface area contributed by atoms with Gasteiger partial charge in [0.05, 0.1) is 7.11 Å². The van der Waals surface area contributed by atoms with E-state index in [9.17, 15) is 14.4 Å². The van der Waals surface area contributed by atoms with Crippen LogP contribution in [0.4, 0.5) is 0 Å². The topological polar surface area (TPSA) is 84.5 Å². The minimum Gasteiger partial charge on any atom is -0.467 e. The minimum absolute atomic E-state index is 0.0880. The lowest BCUT2D eigenvalue weighted by molar-refractivity contribution is -0.144. The highest BCUT2D eigenvalue weighted by molar-refractivity contribution is 5.98. The number of methoxy groups -OCH3 is 1. The van der Waals surface area contributed by atoms with Gasteiger partial charge < -0.3 is 15.4 Å². The fraction of sp³-hybridized carbons (Fsp3) is 0.318. The summed E-state index contributed by atoms with van der Waals surface area (Å²) in [4.78, 5) is 37.3. The van der Waals surface area contributed by atoms with Crippen LogP contribution in [0.1, 0.15) is 28.4 Å². The lowest BCUT2D eigenvalue weighted by atomic mass is 9.95. The highest BCUT2D eigenvalue weighted by atomic mass is 16.5. The van der Waals surface area contributed by atoms with Crippen LogP contribution in [0.25, 0.3) is 0 Å². The molecule has 0 unspecified atom stereocenters. The molecule has 0 aliphatic heterocycles. The third kappa shape index (κ3) is 4.39. The molecule has 28 heavy (non-hydrogen) atoms. The van der Waals surface area contributed by atoms with E-state index in [-0.39, 0.29) is 17.7 Å². The third-order valence-corrected chi connectivity index (χ3v) is 5.07. The van der Waals surface area contributed by atoms with E-state index in [1.54, 1.807) is 31.2 Å². The number of rotatable bonds is 6. The van der Waals surface area contributed by atoms with Gasteiger partial charge in [-0.15, -0.1) is 0 Å². The van der Waals surface area contributed by atoms with Crippen LogP contribution in [0.2, 0.25) is 0 Å². The van der Waals surface area contributed by atoms with Crippen molar-refractivity contribution in [2.45, 2.75) is 31.8 Å². The molecule has 0 saturated carbocycles. The molecule has 0 spiro atoms. The van der Waals surface area contributed by atoms with Crippen molar-refractivity contribution < 1.29 is 19.1 Å². The summed E-state index contributed by atoms with van der Waals surface area (Å²) in [5.74, 6) is -1.33. The lowest BCUT2D eigenvalue weighted by Gasteiger charge is -2.25. The molecule has 0 saturated heterocycles. The molecule has 1 aliphatic rings. The van der Waals surface area contributed by atoms with Crippen molar-refractivity contribution in [2.75, 3.05) is 7.11 Å². The average Bonchev–Trinajstić information content (AvgIpc) is 3.15. The normalized spacial score (nSPS) is 15.2. The molecule has 2 aromatic rings. The van der Waals surface area contributed by atoms with Gasteiger partial charge in [0.1, 0.15) is 12.1 Å². The molecule has 0 bridgehead atoms. The first-order chi connectivity index (χ1) is 13.5. The molecule has 0 heterocycles. The highest BCUT2D eigenvalue weighted by Gasteiger charge is 2.35. The number of ether oxygens (including phenoxy) is 1. The van der Waals surface area contributed by atoms with Gasteiger partial charge in [-0.05, 0) is 48.9 Å². The zero-order chi connectivity index (χ0) is 20.1. The predicted octanol–water partition coefficient (Wildman–Crippen LogP) is 1.88. The second kappa shape index (κ2) is 8.69. The van der Waals surface area contributed by atoms with E-state index in [0.29, 0.717) is 18.4 Å². The SMILES string of the molecule is COC(=O)[C@H](C)NC(=O)[C@H](NC(=O)c1ccccc1)C1Cc2ccccc2C1. The molecule has 6 nitrogen and oxygen atoms in total. The first-order valence-electron chi connectivity index (χ1n) is 9.30. The fourth-order valence-corrected chi connectivity index (χ4v) is 3.58. The van der Waals surface area contributed by atoms with Crippen LogP contribution in [0.5, 0.6) is 0 Å². The Bertz CT molecular complexity index is 841. The maximum Gasteiger partial charge on any atom is 0.328 e. The summed E-state index contributed by atoms with van der Waals surface area (Å²) in [6.07, 6.45) is 1.38.